The van der Waals surface area contributed by atoms with Crippen molar-refractivity contribution in [2.45, 2.75) is 6.54 Å². The molecule has 0 aliphatic carbocycles. The van der Waals surface area contributed by atoms with Gasteiger partial charge in [-0.25, -0.2) is 9.59 Å². The number of methoxy groups -OCH3 is 2. The molecule has 0 saturated carbocycles. The molecule has 1 amide bonds. The van der Waals surface area contributed by atoms with Crippen molar-refractivity contribution < 1.29 is 23.5 Å². The van der Waals surface area contributed by atoms with Gasteiger partial charge in [0.25, 0.3) is 0 Å². The van der Waals surface area contributed by atoms with E-state index in [1.165, 1.54) is 38.5 Å². The lowest BCUT2D eigenvalue weighted by molar-refractivity contribution is -0.116. The molecule has 0 bridgehead atoms. The summed E-state index contributed by atoms with van der Waals surface area (Å²) >= 11 is 6.03. The second-order valence-corrected chi connectivity index (χ2v) is 5.93. The number of carbonyl (C=O) groups is 2. The van der Waals surface area contributed by atoms with E-state index in [0.29, 0.717) is 22.0 Å². The Hall–Kier alpha value is -3.26. The van der Waals surface area contributed by atoms with Crippen LogP contribution >= 0.6 is 11.6 Å². The number of carbonyl (C=O) groups excluding carboxylic acids is 2. The van der Waals surface area contributed by atoms with Gasteiger partial charge >= 0.3 is 11.7 Å². The Bertz CT molecular complexity index is 1090. The molecule has 0 saturated heterocycles. The van der Waals surface area contributed by atoms with Gasteiger partial charge in [-0.1, -0.05) is 11.6 Å². The summed E-state index contributed by atoms with van der Waals surface area (Å²) < 4.78 is 16.0. The van der Waals surface area contributed by atoms with Gasteiger partial charge in [0.1, 0.15) is 12.3 Å². The van der Waals surface area contributed by atoms with Crippen LogP contribution in [-0.2, 0) is 16.1 Å². The van der Waals surface area contributed by atoms with Crippen LogP contribution in [0.1, 0.15) is 10.4 Å². The van der Waals surface area contributed by atoms with Crippen molar-refractivity contribution in [1.29, 1.82) is 0 Å². The standard InChI is InChI=1S/C18H15ClN2O6/c1-25-14-6-4-11(8-12(14)19)20-16(22)9-21-13-5-3-10(17(23)26-2)7-15(13)27-18(21)24/h3-8H,9H2,1-2H3,(H,20,22). The van der Waals surface area contributed by atoms with Crippen molar-refractivity contribution in [3.8, 4) is 5.75 Å². The molecule has 3 rings (SSSR count). The maximum atomic E-state index is 12.3. The van der Waals surface area contributed by atoms with Gasteiger partial charge in [-0.2, -0.15) is 0 Å². The number of amides is 1. The number of fused-ring (bicyclic) bond motifs is 1. The molecule has 0 radical (unpaired) electrons. The first kappa shape index (κ1) is 18.5. The van der Waals surface area contributed by atoms with Crippen LogP contribution in [0.15, 0.2) is 45.6 Å². The molecule has 0 aliphatic rings. The number of hydrogen-bond donors (Lipinski definition) is 1. The van der Waals surface area contributed by atoms with Gasteiger partial charge in [0.2, 0.25) is 5.91 Å². The van der Waals surface area contributed by atoms with E-state index in [0.717, 1.165) is 4.57 Å². The van der Waals surface area contributed by atoms with E-state index in [-0.39, 0.29) is 17.7 Å². The fraction of sp³-hybridized carbons (Fsp3) is 0.167. The Morgan fingerprint density at radius 2 is 1.96 bits per heavy atom. The molecule has 1 N–H and O–H groups in total. The number of nitrogens with zero attached hydrogens (tertiary/aromatic N) is 1. The van der Waals surface area contributed by atoms with Gasteiger partial charge in [-0.3, -0.25) is 9.36 Å². The van der Waals surface area contributed by atoms with Crippen LogP contribution in [0.2, 0.25) is 5.02 Å². The van der Waals surface area contributed by atoms with Crippen LogP contribution in [0.25, 0.3) is 11.1 Å². The molecule has 9 heteroatoms. The molecule has 0 spiro atoms. The SMILES string of the molecule is COC(=O)c1ccc2c(c1)oc(=O)n2CC(=O)Nc1ccc(OC)c(Cl)c1. The number of rotatable bonds is 5. The lowest BCUT2D eigenvalue weighted by Gasteiger charge is -2.08. The monoisotopic (exact) mass is 390 g/mol. The highest BCUT2D eigenvalue weighted by atomic mass is 35.5. The van der Waals surface area contributed by atoms with Crippen LogP contribution in [0, 0.1) is 0 Å². The summed E-state index contributed by atoms with van der Waals surface area (Å²) in [6, 6.07) is 9.18. The molecular weight excluding hydrogens is 376 g/mol. The Labute approximate surface area is 158 Å². The van der Waals surface area contributed by atoms with Gasteiger partial charge in [0, 0.05) is 5.69 Å². The Balaban J connectivity index is 1.82. The van der Waals surface area contributed by atoms with E-state index < -0.39 is 17.6 Å². The number of oxazole rings is 1. The van der Waals surface area contributed by atoms with Gasteiger partial charge in [-0.05, 0) is 36.4 Å². The molecule has 0 fully saturated rings. The van der Waals surface area contributed by atoms with E-state index in [2.05, 4.69) is 10.1 Å². The molecule has 3 aromatic rings. The van der Waals surface area contributed by atoms with Gasteiger partial charge in [-0.15, -0.1) is 0 Å². The molecule has 27 heavy (non-hydrogen) atoms. The summed E-state index contributed by atoms with van der Waals surface area (Å²) in [5.41, 5.74) is 1.27. The second kappa shape index (κ2) is 7.55. The molecular formula is C18H15ClN2O6. The third kappa shape index (κ3) is 3.80. The van der Waals surface area contributed by atoms with E-state index in [1.807, 2.05) is 0 Å². The number of anilines is 1. The number of halogens is 1. The summed E-state index contributed by atoms with van der Waals surface area (Å²) in [5.74, 6) is -1.23. The average molecular weight is 391 g/mol. The van der Waals surface area contributed by atoms with E-state index in [4.69, 9.17) is 20.8 Å². The van der Waals surface area contributed by atoms with Crippen molar-refractivity contribution >= 4 is 40.3 Å². The van der Waals surface area contributed by atoms with E-state index in [1.54, 1.807) is 12.1 Å². The quantitative estimate of drug-likeness (QED) is 0.672. The largest absolute Gasteiger partial charge is 0.495 e. The second-order valence-electron chi connectivity index (χ2n) is 5.53. The summed E-state index contributed by atoms with van der Waals surface area (Å²) in [5, 5.41) is 2.99. The summed E-state index contributed by atoms with van der Waals surface area (Å²) in [6.45, 7) is -0.271. The lowest BCUT2D eigenvalue weighted by atomic mass is 10.2. The molecule has 0 unspecified atom stereocenters. The van der Waals surface area contributed by atoms with Gasteiger partial charge in [0.05, 0.1) is 30.3 Å². The highest BCUT2D eigenvalue weighted by Crippen LogP contribution is 2.27. The minimum Gasteiger partial charge on any atom is -0.495 e. The fourth-order valence-corrected chi connectivity index (χ4v) is 2.81. The third-order valence-corrected chi connectivity index (χ3v) is 4.12. The van der Waals surface area contributed by atoms with Crippen molar-refractivity contribution in [2.75, 3.05) is 19.5 Å². The minimum atomic E-state index is -0.713. The maximum Gasteiger partial charge on any atom is 0.420 e. The molecule has 140 valence electrons. The Morgan fingerprint density at radius 1 is 1.19 bits per heavy atom. The van der Waals surface area contributed by atoms with Crippen molar-refractivity contribution in [3.63, 3.8) is 0 Å². The van der Waals surface area contributed by atoms with E-state index >= 15 is 0 Å². The summed E-state index contributed by atoms with van der Waals surface area (Å²) in [6.07, 6.45) is 0. The topological polar surface area (TPSA) is 99.8 Å². The van der Waals surface area contributed by atoms with E-state index in [9.17, 15) is 14.4 Å². The predicted octanol–water partition coefficient (Wildman–Crippen LogP) is 2.68. The zero-order chi connectivity index (χ0) is 19.6. The number of nitrogens with one attached hydrogen (secondary N) is 1. The van der Waals surface area contributed by atoms with Crippen LogP contribution in [0.4, 0.5) is 5.69 Å². The molecule has 0 atom stereocenters. The predicted molar refractivity (Wildman–Crippen MR) is 98.4 cm³/mol. The highest BCUT2D eigenvalue weighted by Gasteiger charge is 2.16. The first-order valence-corrected chi connectivity index (χ1v) is 8.16. The molecule has 1 heterocycles. The molecule has 0 aliphatic heterocycles. The number of benzene rings is 2. The van der Waals surface area contributed by atoms with Crippen LogP contribution in [0.5, 0.6) is 5.75 Å². The maximum absolute atomic E-state index is 12.3. The average Bonchev–Trinajstić information content (AvgIpc) is 2.95. The van der Waals surface area contributed by atoms with Crippen molar-refractivity contribution in [2.24, 2.45) is 0 Å². The van der Waals surface area contributed by atoms with Gasteiger partial charge < -0.3 is 19.2 Å². The van der Waals surface area contributed by atoms with Crippen molar-refractivity contribution in [1.82, 2.24) is 4.57 Å². The zero-order valence-electron chi connectivity index (χ0n) is 14.4. The van der Waals surface area contributed by atoms with Crippen molar-refractivity contribution in [3.05, 3.63) is 57.5 Å². The molecule has 1 aromatic heterocycles. The third-order valence-electron chi connectivity index (χ3n) is 3.83. The smallest absolute Gasteiger partial charge is 0.420 e. The lowest BCUT2D eigenvalue weighted by Crippen LogP contribution is -2.24. The Kier molecular flexibility index (Phi) is 5.18. The normalized spacial score (nSPS) is 10.6. The van der Waals surface area contributed by atoms with Crippen LogP contribution in [0.3, 0.4) is 0 Å². The highest BCUT2D eigenvalue weighted by molar-refractivity contribution is 6.32. The number of esters is 1. The minimum absolute atomic E-state index is 0.184. The Morgan fingerprint density at radius 3 is 2.63 bits per heavy atom. The number of ether oxygens (including phenoxy) is 2. The first-order chi connectivity index (χ1) is 12.9. The van der Waals surface area contributed by atoms with Crippen LogP contribution in [-0.4, -0.2) is 30.7 Å². The fourth-order valence-electron chi connectivity index (χ4n) is 2.55. The van der Waals surface area contributed by atoms with Crippen LogP contribution < -0.4 is 15.8 Å². The van der Waals surface area contributed by atoms with Gasteiger partial charge in [0.15, 0.2) is 5.58 Å². The number of hydrogen-bond acceptors (Lipinski definition) is 6. The zero-order valence-corrected chi connectivity index (χ0v) is 15.2. The molecule has 2 aromatic carbocycles. The first-order valence-electron chi connectivity index (χ1n) is 7.78. The molecule has 8 nitrogen and oxygen atoms in total. The summed E-state index contributed by atoms with van der Waals surface area (Å²) in [4.78, 5) is 35.9. The number of aromatic nitrogens is 1. The summed E-state index contributed by atoms with van der Waals surface area (Å²) in [7, 11) is 2.74.